The van der Waals surface area contributed by atoms with Crippen LogP contribution >= 0.6 is 0 Å². The minimum Gasteiger partial charge on any atom is -0.506 e. The Morgan fingerprint density at radius 2 is 2.00 bits per heavy atom. The molecule has 0 heterocycles. The highest BCUT2D eigenvalue weighted by molar-refractivity contribution is 5.55. The van der Waals surface area contributed by atoms with Crippen LogP contribution in [0.25, 0.3) is 0 Å². The largest absolute Gasteiger partial charge is 0.506 e. The first-order chi connectivity index (χ1) is 5.62. The molecule has 1 aromatic carbocycles. The average Bonchev–Trinajstić information content (AvgIpc) is 2.75. The van der Waals surface area contributed by atoms with E-state index < -0.39 is 0 Å². The summed E-state index contributed by atoms with van der Waals surface area (Å²) in [5, 5.41) is 9.16. The Bertz CT molecular complexity index is 318. The van der Waals surface area contributed by atoms with Crippen molar-refractivity contribution in [3.05, 3.63) is 23.8 Å². The maximum Gasteiger partial charge on any atom is 0.138 e. The number of phenols is 1. The molecular weight excluding hydrogens is 152 g/mol. The van der Waals surface area contributed by atoms with Crippen LogP contribution in [-0.4, -0.2) is 5.11 Å². The van der Waals surface area contributed by atoms with E-state index in [0.717, 1.165) is 18.4 Å². The van der Waals surface area contributed by atoms with E-state index in [1.54, 1.807) is 12.1 Å². The molecule has 64 valence electrons. The number of aromatic hydroxyl groups is 1. The smallest absolute Gasteiger partial charge is 0.138 e. The van der Waals surface area contributed by atoms with Gasteiger partial charge in [0.2, 0.25) is 0 Å². The van der Waals surface area contributed by atoms with E-state index >= 15 is 0 Å². The van der Waals surface area contributed by atoms with Crippen molar-refractivity contribution in [1.82, 2.24) is 0 Å². The molecule has 1 fully saturated rings. The number of phenolic OH excluding ortho intramolecular Hbond substituents is 1. The molecular formula is C9H12N2O. The van der Waals surface area contributed by atoms with Gasteiger partial charge in [0.15, 0.2) is 0 Å². The van der Waals surface area contributed by atoms with E-state index in [9.17, 15) is 0 Å². The highest BCUT2D eigenvalue weighted by Gasteiger charge is 2.40. The summed E-state index contributed by atoms with van der Waals surface area (Å²) in [7, 11) is 0. The van der Waals surface area contributed by atoms with Crippen molar-refractivity contribution in [2.24, 2.45) is 5.73 Å². The lowest BCUT2D eigenvalue weighted by molar-refractivity contribution is 0.477. The van der Waals surface area contributed by atoms with E-state index in [-0.39, 0.29) is 11.3 Å². The monoisotopic (exact) mass is 164 g/mol. The summed E-state index contributed by atoms with van der Waals surface area (Å²) < 4.78 is 0. The van der Waals surface area contributed by atoms with Gasteiger partial charge in [-0.25, -0.2) is 0 Å². The Morgan fingerprint density at radius 3 is 2.50 bits per heavy atom. The fourth-order valence-electron chi connectivity index (χ4n) is 1.29. The van der Waals surface area contributed by atoms with Crippen LogP contribution in [0.4, 0.5) is 5.69 Å². The zero-order valence-electron chi connectivity index (χ0n) is 6.75. The summed E-state index contributed by atoms with van der Waals surface area (Å²) in [6.07, 6.45) is 2.02. The van der Waals surface area contributed by atoms with Crippen LogP contribution in [0.15, 0.2) is 18.2 Å². The fourth-order valence-corrected chi connectivity index (χ4v) is 1.29. The first-order valence-corrected chi connectivity index (χ1v) is 4.00. The van der Waals surface area contributed by atoms with Gasteiger partial charge in [-0.05, 0) is 30.5 Å². The van der Waals surface area contributed by atoms with Crippen molar-refractivity contribution in [3.63, 3.8) is 0 Å². The van der Waals surface area contributed by atoms with Gasteiger partial charge in [0.25, 0.3) is 0 Å². The minimum absolute atomic E-state index is 0.128. The Balaban J connectivity index is 2.41. The third-order valence-electron chi connectivity index (χ3n) is 2.39. The number of benzene rings is 1. The van der Waals surface area contributed by atoms with Gasteiger partial charge in [-0.3, -0.25) is 0 Å². The van der Waals surface area contributed by atoms with Crippen molar-refractivity contribution >= 4 is 5.69 Å². The molecule has 0 amide bonds. The summed E-state index contributed by atoms with van der Waals surface area (Å²) in [5.74, 6) is 0.128. The molecule has 12 heavy (non-hydrogen) atoms. The van der Waals surface area contributed by atoms with Gasteiger partial charge < -0.3 is 16.6 Å². The summed E-state index contributed by atoms with van der Waals surface area (Å²) in [5.41, 5.74) is 12.8. The second-order valence-corrected chi connectivity index (χ2v) is 3.43. The molecule has 2 rings (SSSR count). The Labute approximate surface area is 71.0 Å². The van der Waals surface area contributed by atoms with Gasteiger partial charge in [-0.1, -0.05) is 6.07 Å². The van der Waals surface area contributed by atoms with Crippen LogP contribution in [0.2, 0.25) is 0 Å². The molecule has 1 saturated carbocycles. The topological polar surface area (TPSA) is 72.3 Å². The van der Waals surface area contributed by atoms with Crippen LogP contribution in [0.5, 0.6) is 5.75 Å². The zero-order chi connectivity index (χ0) is 8.77. The fraction of sp³-hybridized carbons (Fsp3) is 0.333. The molecule has 1 aliphatic carbocycles. The molecule has 0 spiro atoms. The minimum atomic E-state index is -0.165. The molecule has 0 unspecified atom stereocenters. The third-order valence-corrected chi connectivity index (χ3v) is 2.39. The van der Waals surface area contributed by atoms with Crippen LogP contribution in [0, 0.1) is 0 Å². The van der Waals surface area contributed by atoms with Gasteiger partial charge in [-0.2, -0.15) is 0 Å². The Kier molecular flexibility index (Phi) is 1.32. The third kappa shape index (κ3) is 1.02. The van der Waals surface area contributed by atoms with Gasteiger partial charge in [-0.15, -0.1) is 0 Å². The first kappa shape index (κ1) is 7.43. The van der Waals surface area contributed by atoms with E-state index in [1.165, 1.54) is 0 Å². The van der Waals surface area contributed by atoms with Crippen LogP contribution in [0.1, 0.15) is 18.4 Å². The van der Waals surface area contributed by atoms with Crippen molar-refractivity contribution in [2.45, 2.75) is 18.4 Å². The lowest BCUT2D eigenvalue weighted by atomic mass is 10.1. The normalized spacial score (nSPS) is 19.1. The van der Waals surface area contributed by atoms with Gasteiger partial charge in [0.1, 0.15) is 5.75 Å². The molecule has 1 aliphatic rings. The molecule has 1 aromatic rings. The summed E-state index contributed by atoms with van der Waals surface area (Å²) in [4.78, 5) is 0. The SMILES string of the molecule is Nc1cc(C2(N)CC2)ccc1O. The Morgan fingerprint density at radius 1 is 1.33 bits per heavy atom. The molecule has 3 heteroatoms. The molecule has 0 atom stereocenters. The van der Waals surface area contributed by atoms with Crippen molar-refractivity contribution in [2.75, 3.05) is 5.73 Å². The van der Waals surface area contributed by atoms with E-state index in [2.05, 4.69) is 0 Å². The number of nitrogen functional groups attached to an aromatic ring is 1. The van der Waals surface area contributed by atoms with Gasteiger partial charge in [0, 0.05) is 5.54 Å². The molecule has 0 aromatic heterocycles. The van der Waals surface area contributed by atoms with Crippen molar-refractivity contribution < 1.29 is 5.11 Å². The first-order valence-electron chi connectivity index (χ1n) is 4.00. The highest BCUT2D eigenvalue weighted by Crippen LogP contribution is 2.43. The Hall–Kier alpha value is -1.22. The number of rotatable bonds is 1. The van der Waals surface area contributed by atoms with Crippen LogP contribution < -0.4 is 11.5 Å². The second-order valence-electron chi connectivity index (χ2n) is 3.43. The quantitative estimate of drug-likeness (QED) is 0.427. The van der Waals surface area contributed by atoms with Crippen LogP contribution in [-0.2, 0) is 5.54 Å². The summed E-state index contributed by atoms with van der Waals surface area (Å²) in [6, 6.07) is 5.18. The van der Waals surface area contributed by atoms with Crippen LogP contribution in [0.3, 0.4) is 0 Å². The standard InChI is InChI=1S/C9H12N2O/c10-7-5-6(1-2-8(7)12)9(11)3-4-9/h1-2,5,12H,3-4,10-11H2. The lowest BCUT2D eigenvalue weighted by Crippen LogP contribution is -2.18. The molecule has 0 aliphatic heterocycles. The predicted molar refractivity (Wildman–Crippen MR) is 47.6 cm³/mol. The number of hydrogen-bond donors (Lipinski definition) is 3. The van der Waals surface area contributed by atoms with Crippen molar-refractivity contribution in [3.8, 4) is 5.75 Å². The number of nitrogens with two attached hydrogens (primary N) is 2. The second kappa shape index (κ2) is 2.14. The summed E-state index contributed by atoms with van der Waals surface area (Å²) in [6.45, 7) is 0. The van der Waals surface area contributed by atoms with Gasteiger partial charge in [0.05, 0.1) is 5.69 Å². The highest BCUT2D eigenvalue weighted by atomic mass is 16.3. The van der Waals surface area contributed by atoms with E-state index in [0.29, 0.717) is 5.69 Å². The number of anilines is 1. The van der Waals surface area contributed by atoms with Gasteiger partial charge >= 0.3 is 0 Å². The van der Waals surface area contributed by atoms with E-state index in [4.69, 9.17) is 16.6 Å². The molecule has 5 N–H and O–H groups in total. The lowest BCUT2D eigenvalue weighted by Gasteiger charge is -2.09. The predicted octanol–water partition coefficient (Wildman–Crippen LogP) is 0.922. The molecule has 0 radical (unpaired) electrons. The molecule has 0 saturated heterocycles. The maximum absolute atomic E-state index is 9.16. The van der Waals surface area contributed by atoms with Crippen molar-refractivity contribution in [1.29, 1.82) is 0 Å². The maximum atomic E-state index is 9.16. The number of hydrogen-bond acceptors (Lipinski definition) is 3. The summed E-state index contributed by atoms with van der Waals surface area (Å²) >= 11 is 0. The van der Waals surface area contributed by atoms with E-state index in [1.807, 2.05) is 6.07 Å². The average molecular weight is 164 g/mol. The molecule has 3 nitrogen and oxygen atoms in total. The zero-order valence-corrected chi connectivity index (χ0v) is 6.75. The molecule has 0 bridgehead atoms.